The first-order valence-electron chi connectivity index (χ1n) is 6.72. The zero-order chi connectivity index (χ0) is 15.9. The number of aromatic nitrogens is 3. The van der Waals surface area contributed by atoms with Gasteiger partial charge in [0.05, 0.1) is 17.4 Å². The van der Waals surface area contributed by atoms with Crippen LogP contribution in [0.25, 0.3) is 0 Å². The first-order valence-corrected chi connectivity index (χ1v) is 7.70. The molecule has 0 fully saturated rings. The van der Waals surface area contributed by atoms with Crippen molar-refractivity contribution in [1.82, 2.24) is 14.8 Å². The topological polar surface area (TPSA) is 104 Å². The number of carbonyl (C=O) groups is 1. The molecule has 0 aliphatic heterocycles. The number of thioether (sulfide) groups is 1. The molecule has 7 nitrogen and oxygen atoms in total. The van der Waals surface area contributed by atoms with Gasteiger partial charge in [-0.2, -0.15) is 5.26 Å². The number of H-pyrrole nitrogens is 1. The summed E-state index contributed by atoms with van der Waals surface area (Å²) in [7, 11) is 0. The van der Waals surface area contributed by atoms with E-state index >= 15 is 0 Å². The van der Waals surface area contributed by atoms with Gasteiger partial charge in [-0.05, 0) is 30.7 Å². The summed E-state index contributed by atoms with van der Waals surface area (Å²) in [6.45, 7) is 2.53. The summed E-state index contributed by atoms with van der Waals surface area (Å²) in [4.78, 5) is 23.4. The first-order chi connectivity index (χ1) is 10.6. The molecule has 8 heteroatoms. The number of nitriles is 1. The third-order valence-corrected chi connectivity index (χ3v) is 3.78. The molecular weight excluding hydrogens is 302 g/mol. The van der Waals surface area contributed by atoms with E-state index in [1.807, 2.05) is 13.0 Å². The van der Waals surface area contributed by atoms with Crippen molar-refractivity contribution < 1.29 is 4.79 Å². The lowest BCUT2D eigenvalue weighted by atomic mass is 10.2. The van der Waals surface area contributed by atoms with E-state index in [-0.39, 0.29) is 17.3 Å². The molecule has 114 valence electrons. The molecule has 0 bridgehead atoms. The quantitative estimate of drug-likeness (QED) is 0.787. The van der Waals surface area contributed by atoms with Crippen LogP contribution in [0.4, 0.5) is 5.69 Å². The van der Waals surface area contributed by atoms with Crippen molar-refractivity contribution in [3.05, 3.63) is 40.3 Å². The minimum absolute atomic E-state index is 0.147. The van der Waals surface area contributed by atoms with Crippen LogP contribution in [0.15, 0.2) is 34.2 Å². The highest BCUT2D eigenvalue weighted by Gasteiger charge is 2.10. The third kappa shape index (κ3) is 3.99. The SMILES string of the molecule is CCCn1c(SCC(=O)Nc2ccc(C#N)cc2)n[nH]c1=O. The molecule has 0 unspecified atom stereocenters. The van der Waals surface area contributed by atoms with Crippen LogP contribution in [0.3, 0.4) is 0 Å². The van der Waals surface area contributed by atoms with Gasteiger partial charge in [0.15, 0.2) is 5.16 Å². The largest absolute Gasteiger partial charge is 0.343 e. The molecule has 22 heavy (non-hydrogen) atoms. The van der Waals surface area contributed by atoms with Crippen molar-refractivity contribution in [3.8, 4) is 6.07 Å². The molecule has 0 aliphatic carbocycles. The Bertz CT molecular complexity index is 742. The highest BCUT2D eigenvalue weighted by molar-refractivity contribution is 7.99. The van der Waals surface area contributed by atoms with Crippen LogP contribution >= 0.6 is 11.8 Å². The van der Waals surface area contributed by atoms with Gasteiger partial charge in [0.2, 0.25) is 5.91 Å². The highest BCUT2D eigenvalue weighted by atomic mass is 32.2. The van der Waals surface area contributed by atoms with Crippen LogP contribution in [-0.2, 0) is 11.3 Å². The second-order valence-corrected chi connectivity index (χ2v) is 5.43. The zero-order valence-electron chi connectivity index (χ0n) is 12.0. The Labute approximate surface area is 131 Å². The van der Waals surface area contributed by atoms with Gasteiger partial charge < -0.3 is 5.32 Å². The summed E-state index contributed by atoms with van der Waals surface area (Å²) in [5, 5.41) is 18.2. The minimum Gasteiger partial charge on any atom is -0.325 e. The fourth-order valence-electron chi connectivity index (χ4n) is 1.79. The average Bonchev–Trinajstić information content (AvgIpc) is 2.87. The Hall–Kier alpha value is -2.53. The van der Waals surface area contributed by atoms with Gasteiger partial charge >= 0.3 is 5.69 Å². The molecule has 1 amide bonds. The highest BCUT2D eigenvalue weighted by Crippen LogP contribution is 2.15. The molecule has 0 atom stereocenters. The van der Waals surface area contributed by atoms with Gasteiger partial charge in [0.25, 0.3) is 0 Å². The van der Waals surface area contributed by atoms with E-state index in [1.54, 1.807) is 24.3 Å². The van der Waals surface area contributed by atoms with Crippen LogP contribution in [0.5, 0.6) is 0 Å². The molecule has 2 aromatic rings. The lowest BCUT2D eigenvalue weighted by molar-refractivity contribution is -0.113. The molecule has 1 aromatic carbocycles. The summed E-state index contributed by atoms with van der Waals surface area (Å²) >= 11 is 1.20. The predicted octanol–water partition coefficient (Wildman–Crippen LogP) is 1.58. The number of rotatable bonds is 6. The molecule has 0 saturated carbocycles. The number of hydrogen-bond donors (Lipinski definition) is 2. The maximum Gasteiger partial charge on any atom is 0.343 e. The summed E-state index contributed by atoms with van der Waals surface area (Å²) in [5.41, 5.74) is 0.891. The van der Waals surface area contributed by atoms with Gasteiger partial charge in [-0.25, -0.2) is 9.89 Å². The second kappa shape index (κ2) is 7.47. The summed E-state index contributed by atoms with van der Waals surface area (Å²) in [6, 6.07) is 8.62. The van der Waals surface area contributed by atoms with E-state index in [1.165, 1.54) is 16.3 Å². The predicted molar refractivity (Wildman–Crippen MR) is 83.6 cm³/mol. The normalized spacial score (nSPS) is 10.2. The average molecular weight is 317 g/mol. The van der Waals surface area contributed by atoms with Gasteiger partial charge in [0.1, 0.15) is 0 Å². The van der Waals surface area contributed by atoms with Crippen LogP contribution < -0.4 is 11.0 Å². The maximum atomic E-state index is 11.9. The number of nitrogens with zero attached hydrogens (tertiary/aromatic N) is 3. The number of hydrogen-bond acceptors (Lipinski definition) is 5. The van der Waals surface area contributed by atoms with Gasteiger partial charge in [0, 0.05) is 12.2 Å². The Balaban J connectivity index is 1.92. The van der Waals surface area contributed by atoms with Crippen molar-refractivity contribution in [2.75, 3.05) is 11.1 Å². The monoisotopic (exact) mass is 317 g/mol. The molecule has 0 radical (unpaired) electrons. The molecule has 0 aliphatic rings. The maximum absolute atomic E-state index is 11.9. The molecule has 1 aromatic heterocycles. The number of carbonyl (C=O) groups excluding carboxylic acids is 1. The second-order valence-electron chi connectivity index (χ2n) is 4.49. The van der Waals surface area contributed by atoms with Gasteiger partial charge in [-0.1, -0.05) is 18.7 Å². The summed E-state index contributed by atoms with van der Waals surface area (Å²) in [5.74, 6) is -0.0539. The number of anilines is 1. The fraction of sp³-hybridized carbons (Fsp3) is 0.286. The van der Waals surface area contributed by atoms with E-state index in [0.29, 0.717) is 23.0 Å². The number of benzene rings is 1. The standard InChI is InChI=1S/C14H15N5O2S/c1-2-7-19-13(21)17-18-14(19)22-9-12(20)16-11-5-3-10(8-15)4-6-11/h3-6H,2,7,9H2,1H3,(H,16,20)(H,17,21). The molecule has 0 saturated heterocycles. The lowest BCUT2D eigenvalue weighted by Gasteiger charge is -2.05. The van der Waals surface area contributed by atoms with Crippen LogP contribution in [0.2, 0.25) is 0 Å². The van der Waals surface area contributed by atoms with E-state index in [9.17, 15) is 9.59 Å². The van der Waals surface area contributed by atoms with Crippen LogP contribution in [-0.4, -0.2) is 26.4 Å². The van der Waals surface area contributed by atoms with Gasteiger partial charge in [-0.3, -0.25) is 9.36 Å². The number of amides is 1. The molecule has 0 spiro atoms. The van der Waals surface area contributed by atoms with Crippen LogP contribution in [0.1, 0.15) is 18.9 Å². The number of aromatic amines is 1. The molecule has 1 heterocycles. The van der Waals surface area contributed by atoms with Crippen molar-refractivity contribution in [3.63, 3.8) is 0 Å². The Morgan fingerprint density at radius 2 is 2.18 bits per heavy atom. The van der Waals surface area contributed by atoms with Crippen LogP contribution in [0, 0.1) is 11.3 Å². The van der Waals surface area contributed by atoms with E-state index in [4.69, 9.17) is 5.26 Å². The minimum atomic E-state index is -0.267. The smallest absolute Gasteiger partial charge is 0.325 e. The molecule has 2 N–H and O–H groups in total. The first kappa shape index (κ1) is 15.9. The molecular formula is C14H15N5O2S. The summed E-state index contributed by atoms with van der Waals surface area (Å²) < 4.78 is 1.51. The van der Waals surface area contributed by atoms with E-state index < -0.39 is 0 Å². The third-order valence-electron chi connectivity index (χ3n) is 2.80. The van der Waals surface area contributed by atoms with Crippen molar-refractivity contribution in [2.24, 2.45) is 0 Å². The Morgan fingerprint density at radius 3 is 2.82 bits per heavy atom. The zero-order valence-corrected chi connectivity index (χ0v) is 12.8. The molecule has 2 rings (SSSR count). The van der Waals surface area contributed by atoms with Crippen molar-refractivity contribution in [2.45, 2.75) is 25.0 Å². The Kier molecular flexibility index (Phi) is 5.38. The van der Waals surface area contributed by atoms with Crippen molar-refractivity contribution in [1.29, 1.82) is 5.26 Å². The fourth-order valence-corrected chi connectivity index (χ4v) is 2.56. The number of nitrogens with one attached hydrogen (secondary N) is 2. The van der Waals surface area contributed by atoms with Gasteiger partial charge in [-0.15, -0.1) is 5.10 Å². The van der Waals surface area contributed by atoms with Crippen molar-refractivity contribution >= 4 is 23.4 Å². The van der Waals surface area contributed by atoms with E-state index in [2.05, 4.69) is 15.5 Å². The Morgan fingerprint density at radius 1 is 1.45 bits per heavy atom. The van der Waals surface area contributed by atoms with E-state index in [0.717, 1.165) is 6.42 Å². The lowest BCUT2D eigenvalue weighted by Crippen LogP contribution is -2.18. The summed E-state index contributed by atoms with van der Waals surface area (Å²) in [6.07, 6.45) is 0.810.